The van der Waals surface area contributed by atoms with Gasteiger partial charge in [-0.05, 0) is 24.1 Å². The lowest BCUT2D eigenvalue weighted by atomic mass is 9.79. The van der Waals surface area contributed by atoms with Crippen molar-refractivity contribution < 1.29 is 14.7 Å². The number of fused-ring (bicyclic) bond motifs is 1. The van der Waals surface area contributed by atoms with E-state index < -0.39 is 11.9 Å². The summed E-state index contributed by atoms with van der Waals surface area (Å²) in [6.45, 7) is 1.98. The minimum atomic E-state index is -1.03. The first-order valence-electron chi connectivity index (χ1n) is 7.06. The molecule has 4 heteroatoms. The zero-order valence-corrected chi connectivity index (χ0v) is 12.1. The molecule has 1 amide bonds. The van der Waals surface area contributed by atoms with Gasteiger partial charge in [0.2, 0.25) is 0 Å². The molecule has 1 aliphatic carbocycles. The van der Waals surface area contributed by atoms with Crippen LogP contribution in [0.25, 0.3) is 5.57 Å². The fourth-order valence-electron chi connectivity index (χ4n) is 2.84. The van der Waals surface area contributed by atoms with E-state index in [1.54, 1.807) is 0 Å². The lowest BCUT2D eigenvalue weighted by molar-refractivity contribution is -0.136. The number of amides is 1. The maximum Gasteiger partial charge on any atom is 0.308 e. The number of carboxylic acids is 1. The largest absolute Gasteiger partial charge is 0.481 e. The number of rotatable bonds is 3. The third-order valence-electron chi connectivity index (χ3n) is 3.80. The molecule has 4 nitrogen and oxygen atoms in total. The minimum Gasteiger partial charge on any atom is -0.481 e. The second-order valence-electron chi connectivity index (χ2n) is 5.39. The number of allylic oxidation sites excluding steroid dienone is 5. The summed E-state index contributed by atoms with van der Waals surface area (Å²) in [6.07, 6.45) is 5.45. The van der Waals surface area contributed by atoms with Crippen molar-refractivity contribution in [2.24, 2.45) is 10.9 Å². The van der Waals surface area contributed by atoms with E-state index in [2.05, 4.69) is 4.99 Å². The molecule has 0 saturated carbocycles. The van der Waals surface area contributed by atoms with Crippen LogP contribution in [0.5, 0.6) is 0 Å². The Hall–Kier alpha value is -2.75. The predicted molar refractivity (Wildman–Crippen MR) is 84.4 cm³/mol. The van der Waals surface area contributed by atoms with Crippen LogP contribution in [0.3, 0.4) is 0 Å². The Morgan fingerprint density at radius 2 is 1.95 bits per heavy atom. The molecule has 3 rings (SSSR count). The van der Waals surface area contributed by atoms with Crippen molar-refractivity contribution in [2.45, 2.75) is 13.3 Å². The van der Waals surface area contributed by atoms with Crippen molar-refractivity contribution in [3.63, 3.8) is 0 Å². The van der Waals surface area contributed by atoms with Gasteiger partial charge in [0.25, 0.3) is 5.91 Å². The molecule has 2 aliphatic rings. The van der Waals surface area contributed by atoms with E-state index in [1.807, 2.05) is 55.5 Å². The van der Waals surface area contributed by atoms with E-state index in [-0.39, 0.29) is 17.9 Å². The Morgan fingerprint density at radius 1 is 1.23 bits per heavy atom. The van der Waals surface area contributed by atoms with Crippen LogP contribution in [0, 0.1) is 5.92 Å². The van der Waals surface area contributed by atoms with Crippen molar-refractivity contribution in [3.05, 3.63) is 65.3 Å². The highest BCUT2D eigenvalue weighted by molar-refractivity contribution is 6.21. The van der Waals surface area contributed by atoms with E-state index >= 15 is 0 Å². The van der Waals surface area contributed by atoms with Gasteiger partial charge in [0.1, 0.15) is 0 Å². The van der Waals surface area contributed by atoms with Gasteiger partial charge < -0.3 is 5.11 Å². The zero-order valence-electron chi connectivity index (χ0n) is 12.1. The molecule has 1 aliphatic heterocycles. The summed E-state index contributed by atoms with van der Waals surface area (Å²) in [6, 6.07) is 9.45. The van der Waals surface area contributed by atoms with Crippen LogP contribution in [0.4, 0.5) is 0 Å². The van der Waals surface area contributed by atoms with E-state index in [9.17, 15) is 9.59 Å². The van der Waals surface area contributed by atoms with Crippen LogP contribution in [0.2, 0.25) is 0 Å². The number of nitrogens with zero attached hydrogens (tertiary/aromatic N) is 1. The topological polar surface area (TPSA) is 66.7 Å². The minimum absolute atomic E-state index is 0.167. The van der Waals surface area contributed by atoms with E-state index in [0.717, 1.165) is 16.7 Å². The average Bonchev–Trinajstić information content (AvgIpc) is 2.49. The molecule has 1 unspecified atom stereocenters. The number of benzene rings is 1. The number of aliphatic imine (C=N–C) groups is 1. The molecule has 1 aromatic carbocycles. The van der Waals surface area contributed by atoms with E-state index in [4.69, 9.17) is 5.11 Å². The second-order valence-corrected chi connectivity index (χ2v) is 5.39. The van der Waals surface area contributed by atoms with E-state index in [1.165, 1.54) is 0 Å². The van der Waals surface area contributed by atoms with Gasteiger partial charge in [-0.2, -0.15) is 0 Å². The van der Waals surface area contributed by atoms with Gasteiger partial charge in [-0.1, -0.05) is 48.1 Å². The quantitative estimate of drug-likeness (QED) is 0.931. The summed E-state index contributed by atoms with van der Waals surface area (Å²) in [5.41, 5.74) is 3.63. The fraction of sp³-hybridized carbons (Fsp3) is 0.167. The van der Waals surface area contributed by atoms with Crippen molar-refractivity contribution >= 4 is 23.2 Å². The first-order valence-corrected chi connectivity index (χ1v) is 7.06. The van der Waals surface area contributed by atoms with Crippen molar-refractivity contribution in [1.29, 1.82) is 0 Å². The maximum absolute atomic E-state index is 12.3. The highest BCUT2D eigenvalue weighted by Crippen LogP contribution is 2.37. The van der Waals surface area contributed by atoms with Gasteiger partial charge in [0, 0.05) is 11.5 Å². The fourth-order valence-corrected chi connectivity index (χ4v) is 2.84. The molecule has 22 heavy (non-hydrogen) atoms. The van der Waals surface area contributed by atoms with Gasteiger partial charge in [0.15, 0.2) is 0 Å². The number of hydrogen-bond acceptors (Lipinski definition) is 2. The lowest BCUT2D eigenvalue weighted by Crippen LogP contribution is -2.25. The molecule has 0 bridgehead atoms. The molecule has 1 N–H and O–H groups in total. The molecule has 0 radical (unpaired) electrons. The first kappa shape index (κ1) is 14.2. The lowest BCUT2D eigenvalue weighted by Gasteiger charge is -2.27. The smallest absolute Gasteiger partial charge is 0.308 e. The number of aliphatic carboxylic acids is 1. The summed E-state index contributed by atoms with van der Waals surface area (Å²) in [7, 11) is 0. The Balaban J connectivity index is 2.20. The number of carbonyl (C=O) groups excluding carboxylic acids is 1. The first-order chi connectivity index (χ1) is 10.6. The van der Waals surface area contributed by atoms with Gasteiger partial charge in [0.05, 0.1) is 12.1 Å². The molecule has 110 valence electrons. The molecule has 1 heterocycles. The van der Waals surface area contributed by atoms with Crippen molar-refractivity contribution in [3.8, 4) is 0 Å². The van der Waals surface area contributed by atoms with Crippen LogP contribution in [-0.4, -0.2) is 22.7 Å². The number of carboxylic acid groups (broad SMARTS) is 1. The molecular weight excluding hydrogens is 278 g/mol. The van der Waals surface area contributed by atoms with Crippen LogP contribution < -0.4 is 0 Å². The van der Waals surface area contributed by atoms with Crippen molar-refractivity contribution in [2.75, 3.05) is 0 Å². The molecule has 0 spiro atoms. The number of dihydropyridines is 1. The Bertz CT molecular complexity index is 767. The monoisotopic (exact) mass is 293 g/mol. The highest BCUT2D eigenvalue weighted by atomic mass is 16.4. The molecule has 1 atom stereocenters. The molecule has 0 fully saturated rings. The molecule has 1 aromatic rings. The summed E-state index contributed by atoms with van der Waals surface area (Å²) < 4.78 is 0. The molecule has 0 aromatic heterocycles. The van der Waals surface area contributed by atoms with Crippen LogP contribution in [-0.2, 0) is 9.59 Å². The van der Waals surface area contributed by atoms with E-state index in [0.29, 0.717) is 5.71 Å². The van der Waals surface area contributed by atoms with Gasteiger partial charge in [-0.3, -0.25) is 9.59 Å². The zero-order chi connectivity index (χ0) is 15.7. The third-order valence-corrected chi connectivity index (χ3v) is 3.80. The normalized spacial score (nSPS) is 20.4. The standard InChI is InChI=1S/C18H15NO3/c1-11-7-8-15-13(9-11)17(12-5-3-2-4-6-12)14(10-16(20)21)18(22)19-15/h2-9,13H,10H2,1H3,(H,20,21). The van der Waals surface area contributed by atoms with Crippen molar-refractivity contribution in [1.82, 2.24) is 0 Å². The SMILES string of the molecule is CC1=CC2C(=NC(=O)C(CC(=O)O)=C2c2ccccc2)C=C1. The van der Waals surface area contributed by atoms with Gasteiger partial charge >= 0.3 is 5.97 Å². The summed E-state index contributed by atoms with van der Waals surface area (Å²) >= 11 is 0. The van der Waals surface area contributed by atoms with Gasteiger partial charge in [-0.25, -0.2) is 4.99 Å². The summed E-state index contributed by atoms with van der Waals surface area (Å²) in [4.78, 5) is 27.5. The second kappa shape index (κ2) is 5.56. The number of carbonyl (C=O) groups is 2. The van der Waals surface area contributed by atoms with Gasteiger partial charge in [-0.15, -0.1) is 0 Å². The van der Waals surface area contributed by atoms with Crippen LogP contribution >= 0.6 is 0 Å². The molecular formula is C18H15NO3. The Morgan fingerprint density at radius 3 is 2.64 bits per heavy atom. The van der Waals surface area contributed by atoms with Crippen LogP contribution in [0.1, 0.15) is 18.9 Å². The summed E-state index contributed by atoms with van der Waals surface area (Å²) in [5.74, 6) is -1.65. The average molecular weight is 293 g/mol. The Kier molecular flexibility index (Phi) is 3.59. The number of hydrogen-bond donors (Lipinski definition) is 1. The third kappa shape index (κ3) is 2.55. The Labute approximate surface area is 128 Å². The predicted octanol–water partition coefficient (Wildman–Crippen LogP) is 3.03. The van der Waals surface area contributed by atoms with Crippen LogP contribution in [0.15, 0.2) is 64.7 Å². The highest BCUT2D eigenvalue weighted by Gasteiger charge is 2.32. The molecule has 0 saturated heterocycles. The summed E-state index contributed by atoms with van der Waals surface area (Å²) in [5, 5.41) is 9.13. The maximum atomic E-state index is 12.3.